The van der Waals surface area contributed by atoms with Crippen molar-refractivity contribution in [1.82, 2.24) is 19.6 Å². The number of Topliss-reactive ketones (excluding diaryl/α,β-unsaturated/α-hetero) is 1. The van der Waals surface area contributed by atoms with Crippen LogP contribution in [0.4, 0.5) is 0 Å². The molecule has 0 amide bonds. The Labute approximate surface area is 165 Å². The van der Waals surface area contributed by atoms with Gasteiger partial charge in [-0.05, 0) is 23.8 Å². The van der Waals surface area contributed by atoms with Crippen molar-refractivity contribution in [3.05, 3.63) is 96.3 Å². The molecule has 1 N–H and O–H groups in total. The highest BCUT2D eigenvalue weighted by Gasteiger charge is 2.27. The Hall–Kier alpha value is -3.38. The highest BCUT2D eigenvalue weighted by Crippen LogP contribution is 2.38. The number of para-hydroxylation sites is 1. The quantitative estimate of drug-likeness (QED) is 0.345. The van der Waals surface area contributed by atoms with E-state index in [-0.39, 0.29) is 5.78 Å². The average Bonchev–Trinajstić information content (AvgIpc) is 3.36. The van der Waals surface area contributed by atoms with Gasteiger partial charge in [0.25, 0.3) is 0 Å². The van der Waals surface area contributed by atoms with Gasteiger partial charge in [-0.1, -0.05) is 66.4 Å². The second-order valence-electron chi connectivity index (χ2n) is 6.43. The summed E-state index contributed by atoms with van der Waals surface area (Å²) in [6.07, 6.45) is 3.71. The Kier molecular flexibility index (Phi) is 4.18. The summed E-state index contributed by atoms with van der Waals surface area (Å²) in [5.74, 6) is 0.0429. The summed E-state index contributed by atoms with van der Waals surface area (Å²) in [5, 5.41) is 9.71. The lowest BCUT2D eigenvalue weighted by atomic mass is 10.0. The van der Waals surface area contributed by atoms with Gasteiger partial charge in [0.1, 0.15) is 5.25 Å². The standard InChI is InChI=1S/C22H16N4OS/c27-20(17-14-23-18-11-5-4-10-16(17)18)21(15-8-2-1-3-9-15)28-22-25-24-19-12-6-7-13-26(19)22/h1-14,21,23H/t21-/m1/s1. The normalized spacial score (nSPS) is 12.4. The number of pyridine rings is 1. The van der Waals surface area contributed by atoms with Gasteiger partial charge >= 0.3 is 0 Å². The molecule has 0 unspecified atom stereocenters. The number of hydrogen-bond donors (Lipinski definition) is 1. The van der Waals surface area contributed by atoms with Crippen LogP contribution < -0.4 is 0 Å². The molecule has 136 valence electrons. The summed E-state index contributed by atoms with van der Waals surface area (Å²) in [5.41, 5.74) is 3.34. The number of carbonyl (C=O) groups is 1. The van der Waals surface area contributed by atoms with Crippen molar-refractivity contribution in [3.63, 3.8) is 0 Å². The lowest BCUT2D eigenvalue weighted by Gasteiger charge is -2.14. The Morgan fingerprint density at radius 2 is 1.71 bits per heavy atom. The first kappa shape index (κ1) is 16.8. The van der Waals surface area contributed by atoms with E-state index in [2.05, 4.69) is 15.2 Å². The Bertz CT molecular complexity index is 1280. The third-order valence-electron chi connectivity index (χ3n) is 4.70. The van der Waals surface area contributed by atoms with Crippen LogP contribution in [0.15, 0.2) is 90.3 Å². The number of ketones is 1. The number of rotatable bonds is 5. The second-order valence-corrected chi connectivity index (χ2v) is 7.50. The van der Waals surface area contributed by atoms with Crippen molar-refractivity contribution in [1.29, 1.82) is 0 Å². The third-order valence-corrected chi connectivity index (χ3v) is 5.91. The molecule has 5 nitrogen and oxygen atoms in total. The molecular weight excluding hydrogens is 368 g/mol. The molecule has 3 heterocycles. The zero-order valence-corrected chi connectivity index (χ0v) is 15.6. The molecule has 3 aromatic heterocycles. The number of carbonyl (C=O) groups excluding carboxylic acids is 1. The molecular formula is C22H16N4OS. The Morgan fingerprint density at radius 1 is 0.929 bits per heavy atom. The van der Waals surface area contributed by atoms with E-state index < -0.39 is 5.25 Å². The first-order valence-corrected chi connectivity index (χ1v) is 9.81. The molecule has 5 aromatic rings. The summed E-state index contributed by atoms with van der Waals surface area (Å²) in [6, 6.07) is 23.4. The van der Waals surface area contributed by atoms with Crippen LogP contribution >= 0.6 is 11.8 Å². The van der Waals surface area contributed by atoms with Gasteiger partial charge in [0.15, 0.2) is 16.6 Å². The van der Waals surface area contributed by atoms with Crippen LogP contribution in [-0.4, -0.2) is 25.4 Å². The van der Waals surface area contributed by atoms with E-state index >= 15 is 0 Å². The number of hydrogen-bond acceptors (Lipinski definition) is 4. The van der Waals surface area contributed by atoms with Crippen LogP contribution in [0.1, 0.15) is 21.2 Å². The Morgan fingerprint density at radius 3 is 2.61 bits per heavy atom. The maximum absolute atomic E-state index is 13.6. The van der Waals surface area contributed by atoms with Crippen molar-refractivity contribution in [3.8, 4) is 0 Å². The van der Waals surface area contributed by atoms with Crippen molar-refractivity contribution >= 4 is 34.1 Å². The molecule has 5 rings (SSSR count). The molecule has 0 saturated heterocycles. The highest BCUT2D eigenvalue weighted by molar-refractivity contribution is 8.00. The number of benzene rings is 2. The first-order chi connectivity index (χ1) is 13.8. The second kappa shape index (κ2) is 6.98. The van der Waals surface area contributed by atoms with Gasteiger partial charge in [0.05, 0.1) is 0 Å². The van der Waals surface area contributed by atoms with Crippen molar-refractivity contribution < 1.29 is 4.79 Å². The predicted octanol–water partition coefficient (Wildman–Crippen LogP) is 4.93. The molecule has 0 bridgehead atoms. The largest absolute Gasteiger partial charge is 0.360 e. The summed E-state index contributed by atoms with van der Waals surface area (Å²) in [7, 11) is 0. The van der Waals surface area contributed by atoms with Crippen LogP contribution in [0, 0.1) is 0 Å². The minimum absolute atomic E-state index is 0.0429. The molecule has 0 radical (unpaired) electrons. The number of nitrogens with one attached hydrogen (secondary N) is 1. The zero-order valence-electron chi connectivity index (χ0n) is 14.8. The summed E-state index contributed by atoms with van der Waals surface area (Å²) in [4.78, 5) is 16.8. The van der Waals surface area contributed by atoms with Gasteiger partial charge in [-0.2, -0.15) is 0 Å². The fourth-order valence-electron chi connectivity index (χ4n) is 3.32. The van der Waals surface area contributed by atoms with E-state index in [0.717, 1.165) is 22.1 Å². The molecule has 0 aliphatic rings. The van der Waals surface area contributed by atoms with Crippen LogP contribution in [0.2, 0.25) is 0 Å². The van der Waals surface area contributed by atoms with Gasteiger partial charge < -0.3 is 4.98 Å². The smallest absolute Gasteiger partial charge is 0.196 e. The van der Waals surface area contributed by atoms with E-state index in [1.807, 2.05) is 83.4 Å². The van der Waals surface area contributed by atoms with Crippen molar-refractivity contribution in [2.45, 2.75) is 10.4 Å². The van der Waals surface area contributed by atoms with E-state index in [1.54, 1.807) is 6.20 Å². The molecule has 2 aromatic carbocycles. The number of aromatic nitrogens is 4. The van der Waals surface area contributed by atoms with Gasteiger partial charge in [-0.15, -0.1) is 10.2 Å². The van der Waals surface area contributed by atoms with E-state index in [0.29, 0.717) is 10.7 Å². The van der Waals surface area contributed by atoms with Crippen LogP contribution in [0.5, 0.6) is 0 Å². The van der Waals surface area contributed by atoms with Gasteiger partial charge in [-0.3, -0.25) is 9.20 Å². The number of H-pyrrole nitrogens is 1. The molecule has 0 fully saturated rings. The number of nitrogens with zero attached hydrogens (tertiary/aromatic N) is 3. The van der Waals surface area contributed by atoms with E-state index in [9.17, 15) is 4.79 Å². The zero-order chi connectivity index (χ0) is 18.9. The number of aromatic amines is 1. The van der Waals surface area contributed by atoms with Gasteiger partial charge in [-0.25, -0.2) is 0 Å². The fraction of sp³-hybridized carbons (Fsp3) is 0.0455. The lowest BCUT2D eigenvalue weighted by molar-refractivity contribution is 0.0991. The molecule has 28 heavy (non-hydrogen) atoms. The minimum atomic E-state index is -0.423. The summed E-state index contributed by atoms with van der Waals surface area (Å²) in [6.45, 7) is 0. The van der Waals surface area contributed by atoms with Crippen LogP contribution in [0.25, 0.3) is 16.6 Å². The molecule has 0 saturated carbocycles. The number of thioether (sulfide) groups is 1. The molecule has 1 atom stereocenters. The summed E-state index contributed by atoms with van der Waals surface area (Å²) >= 11 is 1.42. The molecule has 0 spiro atoms. The lowest BCUT2D eigenvalue weighted by Crippen LogP contribution is -2.10. The number of fused-ring (bicyclic) bond motifs is 2. The molecule has 0 aliphatic heterocycles. The molecule has 6 heteroatoms. The maximum Gasteiger partial charge on any atom is 0.196 e. The van der Waals surface area contributed by atoms with Gasteiger partial charge in [0, 0.05) is 28.9 Å². The predicted molar refractivity (Wildman–Crippen MR) is 111 cm³/mol. The first-order valence-electron chi connectivity index (χ1n) is 8.93. The summed E-state index contributed by atoms with van der Waals surface area (Å²) < 4.78 is 1.91. The monoisotopic (exact) mass is 384 g/mol. The maximum atomic E-state index is 13.6. The molecule has 0 aliphatic carbocycles. The van der Waals surface area contributed by atoms with Crippen LogP contribution in [0.3, 0.4) is 0 Å². The fourth-order valence-corrected chi connectivity index (χ4v) is 4.42. The third kappa shape index (κ3) is 2.88. The van der Waals surface area contributed by atoms with E-state index in [4.69, 9.17) is 0 Å². The van der Waals surface area contributed by atoms with Crippen LogP contribution in [-0.2, 0) is 0 Å². The Balaban J connectivity index is 1.60. The SMILES string of the molecule is O=C(c1c[nH]c2ccccc12)[C@H](Sc1nnc2ccccn12)c1ccccc1. The van der Waals surface area contributed by atoms with E-state index in [1.165, 1.54) is 11.8 Å². The topological polar surface area (TPSA) is 63.0 Å². The van der Waals surface area contributed by atoms with Crippen molar-refractivity contribution in [2.24, 2.45) is 0 Å². The van der Waals surface area contributed by atoms with Crippen molar-refractivity contribution in [2.75, 3.05) is 0 Å². The van der Waals surface area contributed by atoms with Gasteiger partial charge in [0.2, 0.25) is 0 Å². The minimum Gasteiger partial charge on any atom is -0.360 e. The average molecular weight is 384 g/mol. The highest BCUT2D eigenvalue weighted by atomic mass is 32.2.